The van der Waals surface area contributed by atoms with E-state index in [1.807, 2.05) is 0 Å². The van der Waals surface area contributed by atoms with Crippen LogP contribution in [0.4, 0.5) is 0 Å². The summed E-state index contributed by atoms with van der Waals surface area (Å²) >= 11 is 0. The number of hydrogen-bond donors (Lipinski definition) is 1. The van der Waals surface area contributed by atoms with Crippen molar-refractivity contribution in [3.8, 4) is 0 Å². The molecule has 0 radical (unpaired) electrons. The second-order valence-corrected chi connectivity index (χ2v) is 13.4. The Labute approximate surface area is 270 Å². The van der Waals surface area contributed by atoms with Gasteiger partial charge < -0.3 is 14.6 Å². The summed E-state index contributed by atoms with van der Waals surface area (Å²) in [5.41, 5.74) is 0. The number of aliphatic hydroxyl groups excluding tert-OH is 1. The van der Waals surface area contributed by atoms with Crippen molar-refractivity contribution < 1.29 is 19.4 Å². The van der Waals surface area contributed by atoms with Crippen molar-refractivity contribution in [2.45, 2.75) is 225 Å². The molecule has 1 unspecified atom stereocenters. The molecule has 0 bridgehead atoms. The molecular formula is C39H78O4. The molecule has 0 aliphatic heterocycles. The van der Waals surface area contributed by atoms with Crippen LogP contribution in [-0.2, 0) is 14.3 Å². The van der Waals surface area contributed by atoms with Gasteiger partial charge in [0, 0.05) is 13.0 Å². The zero-order chi connectivity index (χ0) is 31.3. The van der Waals surface area contributed by atoms with Gasteiger partial charge in [0.1, 0.15) is 6.10 Å². The summed E-state index contributed by atoms with van der Waals surface area (Å²) in [6.07, 6.45) is 41.5. The number of unbranched alkanes of at least 4 members (excludes halogenated alkanes) is 29. The molecule has 0 saturated heterocycles. The Bertz CT molecular complexity index is 523. The predicted molar refractivity (Wildman–Crippen MR) is 187 cm³/mol. The Morgan fingerprint density at radius 1 is 0.465 bits per heavy atom. The molecule has 0 aliphatic carbocycles. The lowest BCUT2D eigenvalue weighted by Gasteiger charge is -2.16. The highest BCUT2D eigenvalue weighted by atomic mass is 16.6. The Morgan fingerprint density at radius 3 is 1.09 bits per heavy atom. The molecule has 0 fully saturated rings. The van der Waals surface area contributed by atoms with E-state index in [-0.39, 0.29) is 12.6 Å². The number of hydrogen-bond acceptors (Lipinski definition) is 4. The van der Waals surface area contributed by atoms with E-state index in [2.05, 4.69) is 13.8 Å². The Balaban J connectivity index is 3.35. The third-order valence-electron chi connectivity index (χ3n) is 8.93. The van der Waals surface area contributed by atoms with E-state index < -0.39 is 6.10 Å². The van der Waals surface area contributed by atoms with Crippen molar-refractivity contribution in [1.82, 2.24) is 0 Å². The average molecular weight is 611 g/mol. The van der Waals surface area contributed by atoms with Crippen molar-refractivity contribution in [3.63, 3.8) is 0 Å². The Kier molecular flexibility index (Phi) is 37.0. The van der Waals surface area contributed by atoms with Crippen LogP contribution in [0.15, 0.2) is 0 Å². The third-order valence-corrected chi connectivity index (χ3v) is 8.93. The second-order valence-electron chi connectivity index (χ2n) is 13.4. The maximum atomic E-state index is 12.1. The molecule has 4 heteroatoms. The van der Waals surface area contributed by atoms with Crippen molar-refractivity contribution in [2.75, 3.05) is 19.8 Å². The largest absolute Gasteiger partial charge is 0.457 e. The first-order valence-corrected chi connectivity index (χ1v) is 19.6. The normalized spacial score (nSPS) is 12.2. The fraction of sp³-hybridized carbons (Fsp3) is 0.974. The molecule has 0 aromatic rings. The van der Waals surface area contributed by atoms with Crippen LogP contribution in [-0.4, -0.2) is 37.0 Å². The van der Waals surface area contributed by atoms with Crippen LogP contribution >= 0.6 is 0 Å². The summed E-state index contributed by atoms with van der Waals surface area (Å²) in [6.45, 7) is 5.39. The smallest absolute Gasteiger partial charge is 0.306 e. The summed E-state index contributed by atoms with van der Waals surface area (Å²) in [4.78, 5) is 12.1. The minimum Gasteiger partial charge on any atom is -0.457 e. The minimum absolute atomic E-state index is 0.163. The van der Waals surface area contributed by atoms with E-state index in [1.165, 1.54) is 180 Å². The molecule has 4 nitrogen and oxygen atoms in total. The molecular weight excluding hydrogens is 532 g/mol. The van der Waals surface area contributed by atoms with Crippen LogP contribution < -0.4 is 0 Å². The molecule has 0 spiro atoms. The molecule has 0 rings (SSSR count). The van der Waals surface area contributed by atoms with E-state index in [4.69, 9.17) is 9.47 Å². The SMILES string of the molecule is CCCCCCCCCCCCCCCCCCCCCOCC(CO)OC(=O)CCCCCCCCCCCCCC. The van der Waals surface area contributed by atoms with Gasteiger partial charge in [0.25, 0.3) is 0 Å². The fourth-order valence-electron chi connectivity index (χ4n) is 5.98. The average Bonchev–Trinajstić information content (AvgIpc) is 3.01. The molecule has 1 atom stereocenters. The molecule has 258 valence electrons. The van der Waals surface area contributed by atoms with Crippen LogP contribution in [0.3, 0.4) is 0 Å². The molecule has 0 aliphatic rings. The van der Waals surface area contributed by atoms with Crippen LogP contribution in [0.5, 0.6) is 0 Å². The maximum Gasteiger partial charge on any atom is 0.306 e. The van der Waals surface area contributed by atoms with Gasteiger partial charge >= 0.3 is 5.97 Å². The first kappa shape index (κ1) is 42.4. The molecule has 1 N–H and O–H groups in total. The summed E-state index contributed by atoms with van der Waals surface area (Å²) in [6, 6.07) is 0. The zero-order valence-corrected chi connectivity index (χ0v) is 29.5. The van der Waals surface area contributed by atoms with Crippen LogP contribution in [0.25, 0.3) is 0 Å². The third kappa shape index (κ3) is 35.7. The fourth-order valence-corrected chi connectivity index (χ4v) is 5.98. The molecule has 0 amide bonds. The van der Waals surface area contributed by atoms with E-state index in [0.29, 0.717) is 19.6 Å². The second kappa shape index (κ2) is 37.6. The van der Waals surface area contributed by atoms with E-state index >= 15 is 0 Å². The highest BCUT2D eigenvalue weighted by Crippen LogP contribution is 2.15. The number of rotatable bonds is 37. The summed E-state index contributed by atoms with van der Waals surface area (Å²) in [7, 11) is 0. The van der Waals surface area contributed by atoms with Crippen LogP contribution in [0, 0.1) is 0 Å². The van der Waals surface area contributed by atoms with Crippen molar-refractivity contribution in [2.24, 2.45) is 0 Å². The predicted octanol–water partition coefficient (Wildman–Crippen LogP) is 12.4. The Morgan fingerprint density at radius 2 is 0.767 bits per heavy atom. The number of esters is 1. The van der Waals surface area contributed by atoms with E-state index in [0.717, 1.165) is 19.3 Å². The van der Waals surface area contributed by atoms with E-state index in [1.54, 1.807) is 0 Å². The molecule has 43 heavy (non-hydrogen) atoms. The Hall–Kier alpha value is -0.610. The summed E-state index contributed by atoms with van der Waals surface area (Å²) in [5, 5.41) is 9.56. The molecule has 0 heterocycles. The molecule has 0 aromatic carbocycles. The van der Waals surface area contributed by atoms with Gasteiger partial charge in [-0.2, -0.15) is 0 Å². The zero-order valence-electron chi connectivity index (χ0n) is 29.5. The topological polar surface area (TPSA) is 55.8 Å². The van der Waals surface area contributed by atoms with Gasteiger partial charge in [0.2, 0.25) is 0 Å². The number of carbonyl (C=O) groups excluding carboxylic acids is 1. The van der Waals surface area contributed by atoms with Gasteiger partial charge in [0.15, 0.2) is 0 Å². The summed E-state index contributed by atoms with van der Waals surface area (Å²) < 4.78 is 11.1. The van der Waals surface area contributed by atoms with Crippen LogP contribution in [0.2, 0.25) is 0 Å². The van der Waals surface area contributed by atoms with Gasteiger partial charge in [-0.3, -0.25) is 4.79 Å². The van der Waals surface area contributed by atoms with Gasteiger partial charge in [-0.25, -0.2) is 0 Å². The molecule has 0 aromatic heterocycles. The number of aliphatic hydroxyl groups is 1. The number of carbonyl (C=O) groups is 1. The van der Waals surface area contributed by atoms with Crippen molar-refractivity contribution >= 4 is 5.97 Å². The first-order chi connectivity index (χ1) is 21.2. The lowest BCUT2D eigenvalue weighted by atomic mass is 10.0. The van der Waals surface area contributed by atoms with Gasteiger partial charge in [-0.1, -0.05) is 200 Å². The van der Waals surface area contributed by atoms with Crippen molar-refractivity contribution in [3.05, 3.63) is 0 Å². The number of ether oxygens (including phenoxy) is 2. The highest BCUT2D eigenvalue weighted by molar-refractivity contribution is 5.69. The molecule has 0 saturated carbocycles. The highest BCUT2D eigenvalue weighted by Gasteiger charge is 2.13. The van der Waals surface area contributed by atoms with Gasteiger partial charge in [-0.15, -0.1) is 0 Å². The van der Waals surface area contributed by atoms with Gasteiger partial charge in [-0.05, 0) is 12.8 Å². The van der Waals surface area contributed by atoms with Crippen molar-refractivity contribution in [1.29, 1.82) is 0 Å². The summed E-state index contributed by atoms with van der Waals surface area (Å²) in [5.74, 6) is -0.196. The van der Waals surface area contributed by atoms with Gasteiger partial charge in [0.05, 0.1) is 13.2 Å². The maximum absolute atomic E-state index is 12.1. The standard InChI is InChI=1S/C39H78O4/c1-3-5-7-9-11-13-15-17-18-19-20-21-22-23-25-27-29-31-33-35-42-37-38(36-40)43-39(41)34-32-30-28-26-24-16-14-12-10-8-6-4-2/h38,40H,3-37H2,1-2H3. The quantitative estimate of drug-likeness (QED) is 0.0561. The lowest BCUT2D eigenvalue weighted by Crippen LogP contribution is -2.27. The first-order valence-electron chi connectivity index (χ1n) is 19.6. The minimum atomic E-state index is -0.523. The van der Waals surface area contributed by atoms with Crippen LogP contribution in [0.1, 0.15) is 219 Å². The van der Waals surface area contributed by atoms with E-state index in [9.17, 15) is 9.90 Å². The lowest BCUT2D eigenvalue weighted by molar-refractivity contribution is -0.154. The monoisotopic (exact) mass is 611 g/mol.